The largest absolute Gasteiger partial charge is 0.311 e. The van der Waals surface area contributed by atoms with Crippen LogP contribution in [0.4, 0.5) is 0 Å². The molecular weight excluding hydrogens is 158 g/mol. The van der Waals surface area contributed by atoms with Crippen LogP contribution in [0.5, 0.6) is 0 Å². The summed E-state index contributed by atoms with van der Waals surface area (Å²) in [5.41, 5.74) is 0. The van der Waals surface area contributed by atoms with Crippen LogP contribution < -0.4 is 5.32 Å². The normalized spacial score (nSPS) is 24.2. The minimum absolute atomic E-state index is 0.702. The predicted molar refractivity (Wildman–Crippen MR) is 58.9 cm³/mol. The van der Waals surface area contributed by atoms with Gasteiger partial charge in [0.1, 0.15) is 0 Å². The van der Waals surface area contributed by atoms with Gasteiger partial charge in [-0.2, -0.15) is 0 Å². The quantitative estimate of drug-likeness (QED) is 0.705. The first-order chi connectivity index (χ1) is 6.24. The molecule has 0 bridgehead atoms. The third kappa shape index (κ3) is 3.68. The molecule has 2 atom stereocenters. The molecule has 0 radical (unpaired) electrons. The summed E-state index contributed by atoms with van der Waals surface area (Å²) in [6, 6.07) is 1.52. The van der Waals surface area contributed by atoms with Crippen LogP contribution in [-0.4, -0.2) is 12.1 Å². The SMILES string of the molecule is CC[C@@H](C)[C@H](C)NC1CCCCC1. The summed E-state index contributed by atoms with van der Waals surface area (Å²) >= 11 is 0. The Morgan fingerprint density at radius 1 is 1.15 bits per heavy atom. The summed E-state index contributed by atoms with van der Waals surface area (Å²) in [6.07, 6.45) is 8.42. The van der Waals surface area contributed by atoms with E-state index in [-0.39, 0.29) is 0 Å². The van der Waals surface area contributed by atoms with Gasteiger partial charge in [-0.1, -0.05) is 39.5 Å². The molecule has 0 saturated heterocycles. The maximum atomic E-state index is 3.77. The van der Waals surface area contributed by atoms with Crippen LogP contribution in [0, 0.1) is 5.92 Å². The van der Waals surface area contributed by atoms with Gasteiger partial charge >= 0.3 is 0 Å². The monoisotopic (exact) mass is 183 g/mol. The van der Waals surface area contributed by atoms with Gasteiger partial charge in [0.2, 0.25) is 0 Å². The van der Waals surface area contributed by atoms with E-state index in [9.17, 15) is 0 Å². The first-order valence-electron chi connectivity index (χ1n) is 6.00. The van der Waals surface area contributed by atoms with Crippen LogP contribution in [-0.2, 0) is 0 Å². The summed E-state index contributed by atoms with van der Waals surface area (Å²) in [5, 5.41) is 3.77. The Morgan fingerprint density at radius 2 is 1.77 bits per heavy atom. The van der Waals surface area contributed by atoms with Gasteiger partial charge in [-0.25, -0.2) is 0 Å². The molecule has 0 spiro atoms. The second-order valence-electron chi connectivity index (χ2n) is 4.68. The maximum absolute atomic E-state index is 3.77. The van der Waals surface area contributed by atoms with Crippen LogP contribution >= 0.6 is 0 Å². The zero-order valence-electron chi connectivity index (χ0n) is 9.47. The molecule has 78 valence electrons. The van der Waals surface area contributed by atoms with E-state index in [0.29, 0.717) is 6.04 Å². The summed E-state index contributed by atoms with van der Waals surface area (Å²) in [5.74, 6) is 0.821. The average molecular weight is 183 g/mol. The van der Waals surface area contributed by atoms with Gasteiger partial charge in [-0.3, -0.25) is 0 Å². The summed E-state index contributed by atoms with van der Waals surface area (Å²) in [4.78, 5) is 0. The average Bonchev–Trinajstić information content (AvgIpc) is 2.18. The highest BCUT2D eigenvalue weighted by atomic mass is 14.9. The van der Waals surface area contributed by atoms with E-state index < -0.39 is 0 Å². The number of hydrogen-bond acceptors (Lipinski definition) is 1. The number of rotatable bonds is 4. The Bertz CT molecular complexity index is 127. The molecule has 1 N–H and O–H groups in total. The standard InChI is InChI=1S/C12H25N/c1-4-10(2)11(3)13-12-8-6-5-7-9-12/h10-13H,4-9H2,1-3H3/t10-,11+/m1/s1. The molecule has 1 saturated carbocycles. The number of hydrogen-bond donors (Lipinski definition) is 1. The second kappa shape index (κ2) is 5.64. The van der Waals surface area contributed by atoms with Crippen LogP contribution in [0.25, 0.3) is 0 Å². The van der Waals surface area contributed by atoms with Gasteiger partial charge in [0, 0.05) is 12.1 Å². The van der Waals surface area contributed by atoms with Crippen LogP contribution in [0.3, 0.4) is 0 Å². The predicted octanol–water partition coefficient (Wildman–Crippen LogP) is 3.34. The topological polar surface area (TPSA) is 12.0 Å². The summed E-state index contributed by atoms with van der Waals surface area (Å²) in [6.45, 7) is 6.97. The number of nitrogens with one attached hydrogen (secondary N) is 1. The van der Waals surface area contributed by atoms with E-state index in [1.54, 1.807) is 0 Å². The minimum Gasteiger partial charge on any atom is -0.311 e. The second-order valence-corrected chi connectivity index (χ2v) is 4.68. The Balaban J connectivity index is 2.21. The van der Waals surface area contributed by atoms with E-state index in [1.165, 1.54) is 38.5 Å². The first kappa shape index (κ1) is 11.0. The van der Waals surface area contributed by atoms with E-state index >= 15 is 0 Å². The van der Waals surface area contributed by atoms with Gasteiger partial charge in [-0.05, 0) is 25.7 Å². The maximum Gasteiger partial charge on any atom is 0.00696 e. The third-order valence-electron chi connectivity index (χ3n) is 3.60. The van der Waals surface area contributed by atoms with E-state index in [0.717, 1.165) is 12.0 Å². The van der Waals surface area contributed by atoms with Crippen LogP contribution in [0.2, 0.25) is 0 Å². The molecule has 0 heterocycles. The van der Waals surface area contributed by atoms with Crippen molar-refractivity contribution in [1.82, 2.24) is 5.32 Å². The first-order valence-corrected chi connectivity index (χ1v) is 6.00. The fraction of sp³-hybridized carbons (Fsp3) is 1.00. The van der Waals surface area contributed by atoms with Crippen molar-refractivity contribution >= 4 is 0 Å². The van der Waals surface area contributed by atoms with Crippen LogP contribution in [0.1, 0.15) is 59.3 Å². The highest BCUT2D eigenvalue weighted by molar-refractivity contribution is 4.77. The lowest BCUT2D eigenvalue weighted by atomic mass is 9.93. The lowest BCUT2D eigenvalue weighted by Crippen LogP contribution is -2.41. The van der Waals surface area contributed by atoms with Crippen molar-refractivity contribution in [2.45, 2.75) is 71.4 Å². The fourth-order valence-electron chi connectivity index (χ4n) is 2.16. The highest BCUT2D eigenvalue weighted by Crippen LogP contribution is 2.19. The summed E-state index contributed by atoms with van der Waals surface area (Å²) < 4.78 is 0. The van der Waals surface area contributed by atoms with Crippen molar-refractivity contribution in [1.29, 1.82) is 0 Å². The van der Waals surface area contributed by atoms with Crippen molar-refractivity contribution in [2.24, 2.45) is 5.92 Å². The summed E-state index contributed by atoms with van der Waals surface area (Å²) in [7, 11) is 0. The van der Waals surface area contributed by atoms with E-state index in [1.807, 2.05) is 0 Å². The molecule has 0 aromatic carbocycles. The molecule has 0 unspecified atom stereocenters. The van der Waals surface area contributed by atoms with E-state index in [4.69, 9.17) is 0 Å². The minimum atomic E-state index is 0.702. The van der Waals surface area contributed by atoms with Gasteiger partial charge < -0.3 is 5.32 Å². The van der Waals surface area contributed by atoms with E-state index in [2.05, 4.69) is 26.1 Å². The molecule has 1 aliphatic rings. The molecular formula is C12H25N. The van der Waals surface area contributed by atoms with Crippen molar-refractivity contribution in [3.63, 3.8) is 0 Å². The lowest BCUT2D eigenvalue weighted by Gasteiger charge is -2.29. The Hall–Kier alpha value is -0.0400. The van der Waals surface area contributed by atoms with Crippen molar-refractivity contribution in [3.05, 3.63) is 0 Å². The fourth-order valence-corrected chi connectivity index (χ4v) is 2.16. The molecule has 0 aliphatic heterocycles. The Kier molecular flexibility index (Phi) is 4.79. The Labute approximate surface area is 83.3 Å². The van der Waals surface area contributed by atoms with Gasteiger partial charge in [0.05, 0.1) is 0 Å². The smallest absolute Gasteiger partial charge is 0.00696 e. The molecule has 0 amide bonds. The zero-order valence-corrected chi connectivity index (χ0v) is 9.47. The zero-order chi connectivity index (χ0) is 9.68. The molecule has 0 aromatic heterocycles. The molecule has 13 heavy (non-hydrogen) atoms. The lowest BCUT2D eigenvalue weighted by molar-refractivity contribution is 0.297. The molecule has 1 heteroatoms. The van der Waals surface area contributed by atoms with Gasteiger partial charge in [0.15, 0.2) is 0 Å². The molecule has 1 nitrogen and oxygen atoms in total. The molecule has 1 aliphatic carbocycles. The van der Waals surface area contributed by atoms with Crippen molar-refractivity contribution in [2.75, 3.05) is 0 Å². The van der Waals surface area contributed by atoms with Crippen molar-refractivity contribution in [3.8, 4) is 0 Å². The molecule has 1 fully saturated rings. The van der Waals surface area contributed by atoms with Gasteiger partial charge in [-0.15, -0.1) is 0 Å². The third-order valence-corrected chi connectivity index (χ3v) is 3.60. The van der Waals surface area contributed by atoms with Crippen LogP contribution in [0.15, 0.2) is 0 Å². The molecule has 1 rings (SSSR count). The highest BCUT2D eigenvalue weighted by Gasteiger charge is 2.17. The molecule has 0 aromatic rings. The Morgan fingerprint density at radius 3 is 2.31 bits per heavy atom. The van der Waals surface area contributed by atoms with Crippen molar-refractivity contribution < 1.29 is 0 Å². The van der Waals surface area contributed by atoms with Gasteiger partial charge in [0.25, 0.3) is 0 Å².